The summed E-state index contributed by atoms with van der Waals surface area (Å²) in [6.07, 6.45) is 0.155. The molecular weight excluding hydrogens is 292 g/mol. The van der Waals surface area contributed by atoms with E-state index in [1.807, 2.05) is 42.2 Å². The summed E-state index contributed by atoms with van der Waals surface area (Å²) in [4.78, 5) is 28.3. The summed E-state index contributed by atoms with van der Waals surface area (Å²) >= 11 is 0. The van der Waals surface area contributed by atoms with Crippen molar-refractivity contribution in [2.24, 2.45) is 0 Å². The number of anilines is 2. The third kappa shape index (κ3) is 2.77. The molecule has 0 aliphatic carbocycles. The zero-order valence-corrected chi connectivity index (χ0v) is 12.8. The van der Waals surface area contributed by atoms with E-state index in [9.17, 15) is 14.7 Å². The van der Waals surface area contributed by atoms with Gasteiger partial charge in [0.25, 0.3) is 5.91 Å². The minimum Gasteiger partial charge on any atom is -0.508 e. The molecule has 5 heteroatoms. The largest absolute Gasteiger partial charge is 0.508 e. The molecule has 1 aliphatic rings. The number of carbonyl (C=O) groups excluding carboxylic acids is 2. The quantitative estimate of drug-likeness (QED) is 0.882. The number of rotatable bonds is 4. The number of hydrogen-bond donors (Lipinski definition) is 1. The minimum absolute atomic E-state index is 0.101. The van der Waals surface area contributed by atoms with Crippen LogP contribution in [0, 0.1) is 0 Å². The van der Waals surface area contributed by atoms with Crippen molar-refractivity contribution in [2.75, 3.05) is 16.3 Å². The zero-order chi connectivity index (χ0) is 16.4. The van der Waals surface area contributed by atoms with E-state index in [0.29, 0.717) is 12.2 Å². The molecule has 118 valence electrons. The number of aromatic hydroxyl groups is 1. The Morgan fingerprint density at radius 1 is 1.09 bits per heavy atom. The number of imide groups is 1. The molecule has 0 radical (unpaired) electrons. The molecule has 0 bridgehead atoms. The van der Waals surface area contributed by atoms with Gasteiger partial charge in [0, 0.05) is 12.2 Å². The molecule has 1 fully saturated rings. The van der Waals surface area contributed by atoms with Crippen molar-refractivity contribution in [1.82, 2.24) is 0 Å². The Balaban J connectivity index is 1.90. The van der Waals surface area contributed by atoms with Gasteiger partial charge in [0.15, 0.2) is 0 Å². The highest BCUT2D eigenvalue weighted by Gasteiger charge is 2.42. The first-order valence-electron chi connectivity index (χ1n) is 7.59. The Hall–Kier alpha value is -2.82. The third-order valence-corrected chi connectivity index (χ3v) is 4.04. The van der Waals surface area contributed by atoms with Crippen molar-refractivity contribution in [2.45, 2.75) is 19.4 Å². The summed E-state index contributed by atoms with van der Waals surface area (Å²) in [7, 11) is 0. The zero-order valence-electron chi connectivity index (χ0n) is 12.8. The Kier molecular flexibility index (Phi) is 4.02. The van der Waals surface area contributed by atoms with E-state index in [4.69, 9.17) is 0 Å². The van der Waals surface area contributed by atoms with Crippen LogP contribution >= 0.6 is 0 Å². The van der Waals surface area contributed by atoms with Crippen LogP contribution in [-0.2, 0) is 9.59 Å². The maximum atomic E-state index is 12.8. The van der Waals surface area contributed by atoms with Crippen LogP contribution in [0.4, 0.5) is 11.4 Å². The first kappa shape index (κ1) is 15.1. The Bertz CT molecular complexity index is 713. The Labute approximate surface area is 134 Å². The number of benzene rings is 2. The van der Waals surface area contributed by atoms with Crippen molar-refractivity contribution < 1.29 is 14.7 Å². The van der Waals surface area contributed by atoms with Gasteiger partial charge < -0.3 is 10.0 Å². The number of phenols is 1. The molecule has 2 aromatic carbocycles. The molecule has 0 saturated carbocycles. The topological polar surface area (TPSA) is 60.9 Å². The lowest BCUT2D eigenvalue weighted by Crippen LogP contribution is -2.42. The summed E-state index contributed by atoms with van der Waals surface area (Å²) in [5.41, 5.74) is 1.41. The van der Waals surface area contributed by atoms with Crippen molar-refractivity contribution >= 4 is 23.2 Å². The van der Waals surface area contributed by atoms with Crippen LogP contribution in [0.1, 0.15) is 13.3 Å². The summed E-state index contributed by atoms with van der Waals surface area (Å²) in [5, 5.41) is 9.36. The maximum Gasteiger partial charge on any atom is 0.256 e. The molecule has 0 spiro atoms. The summed E-state index contributed by atoms with van der Waals surface area (Å²) in [6.45, 7) is 2.60. The molecule has 1 saturated heterocycles. The maximum absolute atomic E-state index is 12.8. The van der Waals surface area contributed by atoms with Crippen molar-refractivity contribution in [3.63, 3.8) is 0 Å². The number of hydrogen-bond acceptors (Lipinski definition) is 4. The van der Waals surface area contributed by atoms with Crippen LogP contribution in [-0.4, -0.2) is 29.5 Å². The lowest BCUT2D eigenvalue weighted by Gasteiger charge is -2.28. The number of para-hydroxylation sites is 1. The smallest absolute Gasteiger partial charge is 0.256 e. The standard InChI is InChI=1S/C18H18N2O3/c1-2-19(13-6-4-3-5-7-13)16-12-17(22)20(18(16)23)14-8-10-15(21)11-9-14/h3-11,16,21H,2,12H2,1H3. The summed E-state index contributed by atoms with van der Waals surface area (Å²) in [5.74, 6) is -0.352. The van der Waals surface area contributed by atoms with Crippen LogP contribution in [0.5, 0.6) is 5.75 Å². The average molecular weight is 310 g/mol. The first-order chi connectivity index (χ1) is 11.1. The number of amides is 2. The molecule has 2 amide bonds. The van der Waals surface area contributed by atoms with Gasteiger partial charge in [0.05, 0.1) is 12.1 Å². The lowest BCUT2D eigenvalue weighted by molar-refractivity contribution is -0.121. The van der Waals surface area contributed by atoms with Crippen molar-refractivity contribution in [3.05, 3.63) is 54.6 Å². The van der Waals surface area contributed by atoms with Crippen LogP contribution < -0.4 is 9.80 Å². The number of carbonyl (C=O) groups is 2. The monoisotopic (exact) mass is 310 g/mol. The Morgan fingerprint density at radius 3 is 2.35 bits per heavy atom. The van der Waals surface area contributed by atoms with Crippen molar-refractivity contribution in [1.29, 1.82) is 0 Å². The van der Waals surface area contributed by atoms with E-state index in [-0.39, 0.29) is 24.0 Å². The molecule has 1 heterocycles. The highest BCUT2D eigenvalue weighted by atomic mass is 16.3. The van der Waals surface area contributed by atoms with E-state index < -0.39 is 6.04 Å². The predicted molar refractivity (Wildman–Crippen MR) is 88.5 cm³/mol. The fourth-order valence-corrected chi connectivity index (χ4v) is 2.93. The second kappa shape index (κ2) is 6.12. The van der Waals surface area contributed by atoms with Gasteiger partial charge in [-0.15, -0.1) is 0 Å². The molecule has 1 atom stereocenters. The number of likely N-dealkylation sites (N-methyl/N-ethyl adjacent to an activating group) is 1. The van der Waals surface area contributed by atoms with Gasteiger partial charge in [-0.2, -0.15) is 0 Å². The van der Waals surface area contributed by atoms with Crippen molar-refractivity contribution in [3.8, 4) is 5.75 Å². The van der Waals surface area contributed by atoms with Crippen LogP contribution in [0.25, 0.3) is 0 Å². The van der Waals surface area contributed by atoms with Crippen LogP contribution in [0.15, 0.2) is 54.6 Å². The molecule has 1 unspecified atom stereocenters. The number of nitrogens with zero attached hydrogens (tertiary/aromatic N) is 2. The summed E-state index contributed by atoms with van der Waals surface area (Å²) < 4.78 is 0. The summed E-state index contributed by atoms with van der Waals surface area (Å²) in [6, 6.07) is 15.2. The molecule has 1 aliphatic heterocycles. The highest BCUT2D eigenvalue weighted by Crippen LogP contribution is 2.29. The third-order valence-electron chi connectivity index (χ3n) is 4.04. The van der Waals surface area contributed by atoms with Gasteiger partial charge in [0.2, 0.25) is 5.91 Å². The molecular formula is C18H18N2O3. The van der Waals surface area contributed by atoms with Gasteiger partial charge in [0.1, 0.15) is 11.8 Å². The van der Waals surface area contributed by atoms with Crippen LogP contribution in [0.2, 0.25) is 0 Å². The van der Waals surface area contributed by atoms with E-state index in [2.05, 4.69) is 0 Å². The molecule has 1 N–H and O–H groups in total. The van der Waals surface area contributed by atoms with E-state index in [1.54, 1.807) is 12.1 Å². The van der Waals surface area contributed by atoms with E-state index in [0.717, 1.165) is 5.69 Å². The average Bonchev–Trinajstić information content (AvgIpc) is 2.85. The second-order valence-corrected chi connectivity index (χ2v) is 5.43. The lowest BCUT2D eigenvalue weighted by atomic mass is 10.1. The van der Waals surface area contributed by atoms with Crippen LogP contribution in [0.3, 0.4) is 0 Å². The van der Waals surface area contributed by atoms with E-state index in [1.165, 1.54) is 17.0 Å². The molecule has 5 nitrogen and oxygen atoms in total. The SMILES string of the molecule is CCN(c1ccccc1)C1CC(=O)N(c2ccc(O)cc2)C1=O. The Morgan fingerprint density at radius 2 is 1.74 bits per heavy atom. The van der Waals surface area contributed by atoms with Gasteiger partial charge in [-0.1, -0.05) is 18.2 Å². The minimum atomic E-state index is -0.497. The normalized spacial score (nSPS) is 17.6. The molecule has 3 rings (SSSR count). The predicted octanol–water partition coefficient (Wildman–Crippen LogP) is 2.55. The second-order valence-electron chi connectivity index (χ2n) is 5.43. The molecule has 2 aromatic rings. The highest BCUT2D eigenvalue weighted by molar-refractivity contribution is 6.23. The van der Waals surface area contributed by atoms with Gasteiger partial charge >= 0.3 is 0 Å². The van der Waals surface area contributed by atoms with Gasteiger partial charge in [-0.3, -0.25) is 9.59 Å². The van der Waals surface area contributed by atoms with Gasteiger partial charge in [-0.25, -0.2) is 4.90 Å². The molecule has 23 heavy (non-hydrogen) atoms. The fourth-order valence-electron chi connectivity index (χ4n) is 2.93. The fraction of sp³-hybridized carbons (Fsp3) is 0.222. The first-order valence-corrected chi connectivity index (χ1v) is 7.59. The van der Waals surface area contributed by atoms with Gasteiger partial charge in [-0.05, 0) is 43.3 Å². The molecule has 0 aromatic heterocycles. The van der Waals surface area contributed by atoms with E-state index >= 15 is 0 Å². The number of phenolic OH excluding ortho intramolecular Hbond substituents is 1.